The molecule has 0 amide bonds. The van der Waals surface area contributed by atoms with Crippen LogP contribution in [0.2, 0.25) is 5.02 Å². The summed E-state index contributed by atoms with van der Waals surface area (Å²) in [4.78, 5) is 7.62. The summed E-state index contributed by atoms with van der Waals surface area (Å²) in [5, 5.41) is 2.20. The van der Waals surface area contributed by atoms with Gasteiger partial charge in [0.15, 0.2) is 0 Å². The van der Waals surface area contributed by atoms with Gasteiger partial charge in [0.25, 0.3) is 0 Å². The monoisotopic (exact) mass is 270 g/mol. The van der Waals surface area contributed by atoms with E-state index in [0.717, 1.165) is 16.3 Å². The predicted octanol–water partition coefficient (Wildman–Crippen LogP) is 4.66. The fourth-order valence-corrected chi connectivity index (χ4v) is 2.75. The minimum Gasteiger partial charge on any atom is -0.350 e. The Morgan fingerprint density at radius 3 is 2.63 bits per heavy atom. The summed E-state index contributed by atoms with van der Waals surface area (Å²) >= 11 is 6.40. The summed E-state index contributed by atoms with van der Waals surface area (Å²) in [5.74, 6) is -0.296. The van der Waals surface area contributed by atoms with Gasteiger partial charge in [0.05, 0.1) is 27.1 Å². The molecular weight excluding hydrogens is 263 g/mol. The number of nitrogens with zero attached hydrogens (tertiary/aromatic N) is 1. The van der Waals surface area contributed by atoms with E-state index in [2.05, 4.69) is 9.97 Å². The van der Waals surface area contributed by atoms with Crippen molar-refractivity contribution in [1.82, 2.24) is 9.97 Å². The van der Waals surface area contributed by atoms with Crippen molar-refractivity contribution in [2.75, 3.05) is 0 Å². The maximum absolute atomic E-state index is 13.8. The molecular formula is C15H8ClFN2. The van der Waals surface area contributed by atoms with Crippen molar-refractivity contribution >= 4 is 44.4 Å². The molecule has 4 aromatic rings. The summed E-state index contributed by atoms with van der Waals surface area (Å²) in [5.41, 5.74) is 2.64. The summed E-state index contributed by atoms with van der Waals surface area (Å²) < 4.78 is 13.8. The molecule has 2 nitrogen and oxygen atoms in total. The Morgan fingerprint density at radius 2 is 1.74 bits per heavy atom. The molecule has 19 heavy (non-hydrogen) atoms. The summed E-state index contributed by atoms with van der Waals surface area (Å²) in [6.07, 6.45) is 0. The van der Waals surface area contributed by atoms with Crippen LogP contribution in [-0.4, -0.2) is 9.97 Å². The Balaban J connectivity index is 2.33. The summed E-state index contributed by atoms with van der Waals surface area (Å²) in [7, 11) is 0. The van der Waals surface area contributed by atoms with Crippen LogP contribution in [0.15, 0.2) is 42.5 Å². The molecule has 0 aliphatic heterocycles. The maximum atomic E-state index is 13.8. The first-order valence-electron chi connectivity index (χ1n) is 5.90. The largest absolute Gasteiger partial charge is 0.350 e. The normalized spacial score (nSPS) is 11.7. The lowest BCUT2D eigenvalue weighted by Gasteiger charge is -2.01. The van der Waals surface area contributed by atoms with Gasteiger partial charge in [0, 0.05) is 10.8 Å². The molecule has 0 aliphatic rings. The molecule has 0 saturated carbocycles. The predicted molar refractivity (Wildman–Crippen MR) is 76.1 cm³/mol. The summed E-state index contributed by atoms with van der Waals surface area (Å²) in [6, 6.07) is 12.6. The number of pyridine rings is 1. The zero-order valence-electron chi connectivity index (χ0n) is 9.74. The highest BCUT2D eigenvalue weighted by atomic mass is 35.5. The van der Waals surface area contributed by atoms with Crippen molar-refractivity contribution < 1.29 is 4.39 Å². The quantitative estimate of drug-likeness (QED) is 0.494. The van der Waals surface area contributed by atoms with Gasteiger partial charge in [0.1, 0.15) is 5.82 Å². The smallest absolute Gasteiger partial charge is 0.147 e. The second-order valence-corrected chi connectivity index (χ2v) is 4.83. The molecule has 0 aliphatic carbocycles. The Bertz CT molecular complexity index is 943. The van der Waals surface area contributed by atoms with Crippen molar-refractivity contribution in [2.24, 2.45) is 0 Å². The average molecular weight is 271 g/mol. The van der Waals surface area contributed by atoms with Gasteiger partial charge in [-0.25, -0.2) is 9.37 Å². The van der Waals surface area contributed by atoms with Gasteiger partial charge in [-0.2, -0.15) is 0 Å². The third-order valence-electron chi connectivity index (χ3n) is 3.35. The van der Waals surface area contributed by atoms with E-state index in [1.807, 2.05) is 30.3 Å². The van der Waals surface area contributed by atoms with Gasteiger partial charge in [-0.3, -0.25) is 0 Å². The molecule has 2 aromatic heterocycles. The van der Waals surface area contributed by atoms with Gasteiger partial charge in [-0.1, -0.05) is 41.9 Å². The molecule has 0 radical (unpaired) electrons. The standard InChI is InChI=1S/C15H8ClFN2/c16-12-8-4-1-2-7-11(8)18-14-9-5-3-6-10(17)13(9)19-15(12)14/h1-7,19H. The van der Waals surface area contributed by atoms with E-state index in [0.29, 0.717) is 21.6 Å². The van der Waals surface area contributed by atoms with Crippen LogP contribution < -0.4 is 0 Å². The first-order valence-corrected chi connectivity index (χ1v) is 6.27. The molecule has 0 bridgehead atoms. The second-order valence-electron chi connectivity index (χ2n) is 4.45. The highest BCUT2D eigenvalue weighted by Gasteiger charge is 2.14. The first-order chi connectivity index (χ1) is 9.25. The molecule has 4 heteroatoms. The number of rotatable bonds is 0. The van der Waals surface area contributed by atoms with Gasteiger partial charge in [-0.05, 0) is 12.1 Å². The number of nitrogens with one attached hydrogen (secondary N) is 1. The van der Waals surface area contributed by atoms with Gasteiger partial charge >= 0.3 is 0 Å². The number of halogens is 2. The van der Waals surface area contributed by atoms with E-state index >= 15 is 0 Å². The molecule has 0 atom stereocenters. The number of benzene rings is 2. The van der Waals surface area contributed by atoms with Gasteiger partial charge in [-0.15, -0.1) is 0 Å². The van der Waals surface area contributed by atoms with Gasteiger partial charge in [0.2, 0.25) is 0 Å². The third kappa shape index (κ3) is 1.39. The number of aromatic amines is 1. The number of aromatic nitrogens is 2. The van der Waals surface area contributed by atoms with Crippen molar-refractivity contribution in [3.63, 3.8) is 0 Å². The van der Waals surface area contributed by atoms with Crippen molar-refractivity contribution in [2.45, 2.75) is 0 Å². The van der Waals surface area contributed by atoms with E-state index in [-0.39, 0.29) is 5.82 Å². The Morgan fingerprint density at radius 1 is 0.947 bits per heavy atom. The second kappa shape index (κ2) is 3.68. The lowest BCUT2D eigenvalue weighted by Crippen LogP contribution is -1.82. The van der Waals surface area contributed by atoms with Crippen LogP contribution in [0, 0.1) is 5.82 Å². The molecule has 1 N–H and O–H groups in total. The molecule has 0 unspecified atom stereocenters. The van der Waals surface area contributed by atoms with E-state index in [1.165, 1.54) is 6.07 Å². The number of para-hydroxylation sites is 2. The maximum Gasteiger partial charge on any atom is 0.147 e. The third-order valence-corrected chi connectivity index (χ3v) is 3.74. The van der Waals surface area contributed by atoms with E-state index in [4.69, 9.17) is 11.6 Å². The summed E-state index contributed by atoms with van der Waals surface area (Å²) in [6.45, 7) is 0. The topological polar surface area (TPSA) is 28.7 Å². The lowest BCUT2D eigenvalue weighted by molar-refractivity contribution is 0.637. The van der Waals surface area contributed by atoms with Crippen LogP contribution in [-0.2, 0) is 0 Å². The van der Waals surface area contributed by atoms with Crippen molar-refractivity contribution in [3.8, 4) is 0 Å². The zero-order chi connectivity index (χ0) is 13.0. The fourth-order valence-electron chi connectivity index (χ4n) is 2.45. The molecule has 0 fully saturated rings. The van der Waals surface area contributed by atoms with E-state index < -0.39 is 0 Å². The fraction of sp³-hybridized carbons (Fsp3) is 0. The van der Waals surface area contributed by atoms with E-state index in [9.17, 15) is 4.39 Å². The molecule has 92 valence electrons. The number of hydrogen-bond acceptors (Lipinski definition) is 1. The molecule has 2 heterocycles. The highest BCUT2D eigenvalue weighted by molar-refractivity contribution is 6.40. The SMILES string of the molecule is Fc1cccc2c1[nH]c1c(Cl)c3ccccc3nc12. The van der Waals surface area contributed by atoms with Crippen LogP contribution >= 0.6 is 11.6 Å². The minimum atomic E-state index is -0.296. The average Bonchev–Trinajstić information content (AvgIpc) is 2.80. The molecule has 2 aromatic carbocycles. The Kier molecular flexibility index (Phi) is 2.09. The van der Waals surface area contributed by atoms with Crippen LogP contribution in [0.1, 0.15) is 0 Å². The number of H-pyrrole nitrogens is 1. The molecule has 0 spiro atoms. The van der Waals surface area contributed by atoms with Crippen molar-refractivity contribution in [1.29, 1.82) is 0 Å². The van der Waals surface area contributed by atoms with Crippen LogP contribution in [0.4, 0.5) is 4.39 Å². The first kappa shape index (κ1) is 10.8. The Labute approximate surface area is 112 Å². The highest BCUT2D eigenvalue weighted by Crippen LogP contribution is 2.34. The van der Waals surface area contributed by atoms with Crippen LogP contribution in [0.25, 0.3) is 32.8 Å². The zero-order valence-corrected chi connectivity index (χ0v) is 10.5. The van der Waals surface area contributed by atoms with Crippen LogP contribution in [0.5, 0.6) is 0 Å². The van der Waals surface area contributed by atoms with Crippen LogP contribution in [0.3, 0.4) is 0 Å². The van der Waals surface area contributed by atoms with Crippen molar-refractivity contribution in [3.05, 3.63) is 53.3 Å². The van der Waals surface area contributed by atoms with E-state index in [1.54, 1.807) is 6.07 Å². The van der Waals surface area contributed by atoms with Gasteiger partial charge < -0.3 is 4.98 Å². The lowest BCUT2D eigenvalue weighted by atomic mass is 10.2. The number of fused-ring (bicyclic) bond motifs is 4. The molecule has 0 saturated heterocycles. The Hall–Kier alpha value is -2.13. The molecule has 4 rings (SSSR count). The number of hydrogen-bond donors (Lipinski definition) is 1. The minimum absolute atomic E-state index is 0.296.